The fourth-order valence-electron chi connectivity index (χ4n) is 2.05. The third-order valence-electron chi connectivity index (χ3n) is 3.28. The number of nitrogens with one attached hydrogen (secondary N) is 2. The monoisotopic (exact) mass is 317 g/mol. The van der Waals surface area contributed by atoms with E-state index < -0.39 is 10.0 Å². The van der Waals surface area contributed by atoms with Crippen molar-refractivity contribution in [3.8, 4) is 0 Å². The van der Waals surface area contributed by atoms with Crippen LogP contribution in [-0.4, -0.2) is 39.3 Å². The molecule has 0 fully saturated rings. The Morgan fingerprint density at radius 3 is 2.67 bits per heavy atom. The number of rotatable bonds is 10. The lowest BCUT2D eigenvalue weighted by Gasteiger charge is -2.12. The summed E-state index contributed by atoms with van der Waals surface area (Å²) in [5, 5.41) is 3.22. The number of sulfonamides is 1. The van der Waals surface area contributed by atoms with Crippen LogP contribution in [0.2, 0.25) is 0 Å². The third-order valence-corrected chi connectivity index (χ3v) is 4.84. The minimum atomic E-state index is -3.48. The maximum Gasteiger partial charge on any atom is 0.242 e. The lowest BCUT2D eigenvalue weighted by Crippen LogP contribution is -2.33. The summed E-state index contributed by atoms with van der Waals surface area (Å²) in [7, 11) is -1.87. The van der Waals surface area contributed by atoms with Crippen molar-refractivity contribution < 1.29 is 13.2 Å². The highest BCUT2D eigenvalue weighted by molar-refractivity contribution is 7.89. The quantitative estimate of drug-likeness (QED) is 0.683. The highest BCUT2D eigenvalue weighted by atomic mass is 32.2. The summed E-state index contributed by atoms with van der Waals surface area (Å²) in [5.74, 6) is 0. The zero-order valence-corrected chi connectivity index (χ0v) is 14.2. The zero-order chi connectivity index (χ0) is 15.9. The maximum atomic E-state index is 12.4. The number of methoxy groups -OCH3 is 1. The lowest BCUT2D eigenvalue weighted by atomic mass is 10.3. The van der Waals surface area contributed by atoms with Gasteiger partial charge in [0.05, 0.1) is 4.90 Å². The normalized spacial score (nSPS) is 13.5. The molecule has 1 heterocycles. The van der Waals surface area contributed by atoms with Crippen molar-refractivity contribution in [2.24, 2.45) is 0 Å². The Labute approximate surface area is 127 Å². The molecule has 0 aliphatic carbocycles. The van der Waals surface area contributed by atoms with Crippen molar-refractivity contribution in [3.63, 3.8) is 0 Å². The Morgan fingerprint density at radius 1 is 1.38 bits per heavy atom. The van der Waals surface area contributed by atoms with Gasteiger partial charge in [-0.05, 0) is 32.9 Å². The van der Waals surface area contributed by atoms with Crippen molar-refractivity contribution in [2.75, 3.05) is 20.3 Å². The maximum absolute atomic E-state index is 12.4. The van der Waals surface area contributed by atoms with Crippen LogP contribution in [0.1, 0.15) is 32.9 Å². The lowest BCUT2D eigenvalue weighted by molar-refractivity contribution is 0.188. The van der Waals surface area contributed by atoms with E-state index in [4.69, 9.17) is 4.74 Å². The fraction of sp³-hybridized carbons (Fsp3) is 0.714. The van der Waals surface area contributed by atoms with Crippen LogP contribution in [0.5, 0.6) is 0 Å². The van der Waals surface area contributed by atoms with Crippen LogP contribution in [0.15, 0.2) is 17.2 Å². The van der Waals surface area contributed by atoms with Gasteiger partial charge in [0.15, 0.2) is 0 Å². The number of hydrogen-bond acceptors (Lipinski definition) is 4. The molecule has 0 aliphatic heterocycles. The van der Waals surface area contributed by atoms with Gasteiger partial charge in [-0.2, -0.15) is 0 Å². The molecule has 0 aromatic carbocycles. The average Bonchev–Trinajstić information content (AvgIpc) is 2.86. The third kappa shape index (κ3) is 5.43. The minimum Gasteiger partial charge on any atom is -0.385 e. The van der Waals surface area contributed by atoms with Gasteiger partial charge < -0.3 is 14.6 Å². The van der Waals surface area contributed by atoms with Crippen molar-refractivity contribution >= 4 is 10.0 Å². The average molecular weight is 317 g/mol. The first kappa shape index (κ1) is 18.2. The van der Waals surface area contributed by atoms with E-state index in [9.17, 15) is 8.42 Å². The Hall–Kier alpha value is -0.890. The molecule has 2 N–H and O–H groups in total. The molecule has 0 bridgehead atoms. The van der Waals surface area contributed by atoms with Crippen LogP contribution in [0.4, 0.5) is 0 Å². The van der Waals surface area contributed by atoms with Crippen LogP contribution in [-0.2, 0) is 27.8 Å². The van der Waals surface area contributed by atoms with Crippen LogP contribution < -0.4 is 10.0 Å². The van der Waals surface area contributed by atoms with Crippen LogP contribution in [0, 0.1) is 0 Å². The largest absolute Gasteiger partial charge is 0.385 e. The number of hydrogen-bond donors (Lipinski definition) is 2. The predicted molar refractivity (Wildman–Crippen MR) is 83.8 cm³/mol. The summed E-state index contributed by atoms with van der Waals surface area (Å²) < 4.78 is 34.4. The van der Waals surface area contributed by atoms with Gasteiger partial charge in [0.2, 0.25) is 10.0 Å². The molecule has 7 heteroatoms. The standard InChI is InChI=1S/C14H27N3O3S/c1-5-15-10-13-9-14(11-17(13)6-2)21(18,19)16-12(3)7-8-20-4/h9,11-12,15-16H,5-8,10H2,1-4H3. The fourth-order valence-corrected chi connectivity index (χ4v) is 3.40. The van der Waals surface area contributed by atoms with E-state index in [1.165, 1.54) is 0 Å². The molecule has 0 spiro atoms. The first-order valence-corrected chi connectivity index (χ1v) is 8.83. The Balaban J connectivity index is 2.85. The molecule has 0 amide bonds. The van der Waals surface area contributed by atoms with Gasteiger partial charge in [-0.15, -0.1) is 0 Å². The summed E-state index contributed by atoms with van der Waals surface area (Å²) in [6.07, 6.45) is 2.34. The molecule has 1 rings (SSSR count). The Morgan fingerprint density at radius 2 is 2.10 bits per heavy atom. The molecule has 0 saturated heterocycles. The van der Waals surface area contributed by atoms with Crippen molar-refractivity contribution in [2.45, 2.75) is 51.2 Å². The highest BCUT2D eigenvalue weighted by Gasteiger charge is 2.20. The van der Waals surface area contributed by atoms with Crippen molar-refractivity contribution in [3.05, 3.63) is 18.0 Å². The predicted octanol–water partition coefficient (Wildman–Crippen LogP) is 1.32. The second kappa shape index (κ2) is 8.53. The summed E-state index contributed by atoms with van der Waals surface area (Å²) >= 11 is 0. The van der Waals surface area contributed by atoms with Crippen LogP contribution in [0.3, 0.4) is 0 Å². The van der Waals surface area contributed by atoms with Gasteiger partial charge in [-0.1, -0.05) is 6.92 Å². The zero-order valence-electron chi connectivity index (χ0n) is 13.3. The van der Waals surface area contributed by atoms with Crippen LogP contribution >= 0.6 is 0 Å². The van der Waals surface area contributed by atoms with Gasteiger partial charge in [0.1, 0.15) is 0 Å². The summed E-state index contributed by atoms with van der Waals surface area (Å²) in [4.78, 5) is 0.321. The Kier molecular flexibility index (Phi) is 7.37. The first-order valence-electron chi connectivity index (χ1n) is 7.35. The minimum absolute atomic E-state index is 0.155. The second-order valence-electron chi connectivity index (χ2n) is 5.04. The topological polar surface area (TPSA) is 72.4 Å². The van der Waals surface area contributed by atoms with Crippen molar-refractivity contribution in [1.82, 2.24) is 14.6 Å². The summed E-state index contributed by atoms with van der Waals surface area (Å²) in [6, 6.07) is 1.58. The number of aromatic nitrogens is 1. The van der Waals surface area contributed by atoms with E-state index in [1.54, 1.807) is 19.4 Å². The molecule has 1 atom stereocenters. The Bertz CT molecular complexity index is 526. The van der Waals surface area contributed by atoms with Crippen molar-refractivity contribution in [1.29, 1.82) is 0 Å². The molecule has 1 unspecified atom stereocenters. The molecule has 122 valence electrons. The van der Waals surface area contributed by atoms with E-state index in [2.05, 4.69) is 10.0 Å². The molecule has 6 nitrogen and oxygen atoms in total. The first-order chi connectivity index (χ1) is 9.94. The second-order valence-corrected chi connectivity index (χ2v) is 6.75. The highest BCUT2D eigenvalue weighted by Crippen LogP contribution is 2.15. The molecule has 1 aromatic heterocycles. The number of nitrogens with zero attached hydrogens (tertiary/aromatic N) is 1. The van der Waals surface area contributed by atoms with E-state index in [0.717, 1.165) is 18.8 Å². The van der Waals surface area contributed by atoms with E-state index in [0.29, 0.717) is 24.5 Å². The number of aryl methyl sites for hydroxylation is 1. The molecular formula is C14H27N3O3S. The molecule has 1 aromatic rings. The SMILES string of the molecule is CCNCc1cc(S(=O)(=O)NC(C)CCOC)cn1CC. The van der Waals surface area contributed by atoms with Gasteiger partial charge in [-0.25, -0.2) is 13.1 Å². The molecule has 21 heavy (non-hydrogen) atoms. The van der Waals surface area contributed by atoms with E-state index in [-0.39, 0.29) is 6.04 Å². The molecular weight excluding hydrogens is 290 g/mol. The van der Waals surface area contributed by atoms with E-state index >= 15 is 0 Å². The van der Waals surface area contributed by atoms with Gasteiger partial charge in [-0.3, -0.25) is 0 Å². The van der Waals surface area contributed by atoms with Crippen LogP contribution in [0.25, 0.3) is 0 Å². The summed E-state index contributed by atoms with van der Waals surface area (Å²) in [6.45, 7) is 8.66. The molecule has 0 radical (unpaired) electrons. The van der Waals surface area contributed by atoms with Gasteiger partial charge in [0.25, 0.3) is 0 Å². The smallest absolute Gasteiger partial charge is 0.242 e. The van der Waals surface area contributed by atoms with Gasteiger partial charge in [0, 0.05) is 44.7 Å². The molecule has 0 saturated carbocycles. The molecule has 0 aliphatic rings. The van der Waals surface area contributed by atoms with E-state index in [1.807, 2.05) is 25.3 Å². The van der Waals surface area contributed by atoms with Gasteiger partial charge >= 0.3 is 0 Å². The number of ether oxygens (including phenoxy) is 1. The summed E-state index contributed by atoms with van der Waals surface area (Å²) in [5.41, 5.74) is 0.976.